The molecular weight excluding hydrogens is 220 g/mol. The van der Waals surface area contributed by atoms with Gasteiger partial charge in [-0.25, -0.2) is 0 Å². The van der Waals surface area contributed by atoms with Gasteiger partial charge in [0.2, 0.25) is 0 Å². The predicted molar refractivity (Wildman–Crippen MR) is 61.6 cm³/mol. The minimum Gasteiger partial charge on any atom is -0.481 e. The maximum Gasteiger partial charge on any atom is 0.310 e. The highest BCUT2D eigenvalue weighted by Gasteiger charge is 2.72. The number of carboxylic acid groups (broad SMARTS) is 2. The van der Waals surface area contributed by atoms with Crippen molar-refractivity contribution in [3.63, 3.8) is 0 Å². The van der Waals surface area contributed by atoms with Gasteiger partial charge in [-0.3, -0.25) is 9.59 Å². The lowest BCUT2D eigenvalue weighted by molar-refractivity contribution is -0.166. The molecule has 2 bridgehead atoms. The Kier molecular flexibility index (Phi) is 2.36. The third-order valence-corrected chi connectivity index (χ3v) is 5.95. The summed E-state index contributed by atoms with van der Waals surface area (Å²) in [5.74, 6) is -1.60. The van der Waals surface area contributed by atoms with E-state index in [0.717, 1.165) is 12.8 Å². The summed E-state index contributed by atoms with van der Waals surface area (Å²) in [5, 5.41) is 18.6. The number of hydrogen-bond donors (Lipinski definition) is 2. The fraction of sp³-hybridized carbons (Fsp3) is 0.846. The van der Waals surface area contributed by atoms with E-state index in [1.54, 1.807) is 0 Å². The van der Waals surface area contributed by atoms with E-state index in [9.17, 15) is 14.7 Å². The number of fused-ring (bicyclic) bond motifs is 2. The molecule has 3 atom stereocenters. The van der Waals surface area contributed by atoms with E-state index in [4.69, 9.17) is 5.11 Å². The highest BCUT2D eigenvalue weighted by Crippen LogP contribution is 2.74. The van der Waals surface area contributed by atoms with E-state index < -0.39 is 22.8 Å². The lowest BCUT2D eigenvalue weighted by atomic mass is 9.57. The zero-order chi connectivity index (χ0) is 13.1. The van der Waals surface area contributed by atoms with E-state index in [-0.39, 0.29) is 11.8 Å². The molecule has 17 heavy (non-hydrogen) atoms. The van der Waals surface area contributed by atoms with Crippen LogP contribution in [0.1, 0.15) is 46.5 Å². The van der Waals surface area contributed by atoms with Crippen molar-refractivity contribution in [1.82, 2.24) is 0 Å². The van der Waals surface area contributed by atoms with Crippen LogP contribution in [-0.4, -0.2) is 22.2 Å². The molecule has 4 heteroatoms. The van der Waals surface area contributed by atoms with Gasteiger partial charge in [0.1, 0.15) is 0 Å². The molecule has 2 rings (SSSR count). The van der Waals surface area contributed by atoms with Gasteiger partial charge in [-0.1, -0.05) is 20.8 Å². The molecule has 0 spiro atoms. The summed E-state index contributed by atoms with van der Waals surface area (Å²) in [6, 6.07) is 0. The lowest BCUT2D eigenvalue weighted by Gasteiger charge is -2.45. The van der Waals surface area contributed by atoms with Gasteiger partial charge < -0.3 is 10.2 Å². The topological polar surface area (TPSA) is 74.6 Å². The molecular formula is C13H20O4. The molecule has 2 aliphatic carbocycles. The normalized spacial score (nSPS) is 42.6. The van der Waals surface area contributed by atoms with Crippen LogP contribution in [-0.2, 0) is 9.59 Å². The number of carbonyl (C=O) groups is 2. The molecule has 4 nitrogen and oxygen atoms in total. The van der Waals surface area contributed by atoms with Gasteiger partial charge in [0.05, 0.1) is 11.8 Å². The summed E-state index contributed by atoms with van der Waals surface area (Å²) in [6.07, 6.45) is 2.11. The summed E-state index contributed by atoms with van der Waals surface area (Å²) in [6.45, 7) is 6.16. The Morgan fingerprint density at radius 1 is 1.24 bits per heavy atom. The largest absolute Gasteiger partial charge is 0.481 e. The summed E-state index contributed by atoms with van der Waals surface area (Å²) in [5.41, 5.74) is -1.57. The van der Waals surface area contributed by atoms with E-state index in [1.807, 2.05) is 6.92 Å². The van der Waals surface area contributed by atoms with Crippen molar-refractivity contribution in [1.29, 1.82) is 0 Å². The first-order chi connectivity index (χ1) is 7.67. The van der Waals surface area contributed by atoms with Gasteiger partial charge in [0.15, 0.2) is 0 Å². The first-order valence-corrected chi connectivity index (χ1v) is 6.12. The quantitative estimate of drug-likeness (QED) is 0.794. The summed E-state index contributed by atoms with van der Waals surface area (Å²) >= 11 is 0. The smallest absolute Gasteiger partial charge is 0.310 e. The molecule has 0 amide bonds. The first-order valence-electron chi connectivity index (χ1n) is 6.12. The van der Waals surface area contributed by atoms with Crippen molar-refractivity contribution in [3.8, 4) is 0 Å². The van der Waals surface area contributed by atoms with Crippen molar-refractivity contribution in [2.45, 2.75) is 46.5 Å². The molecule has 0 heterocycles. The van der Waals surface area contributed by atoms with Crippen LogP contribution in [0, 0.1) is 22.2 Å². The number of carboxylic acids is 2. The van der Waals surface area contributed by atoms with Crippen LogP contribution in [0.4, 0.5) is 0 Å². The number of hydrogen-bond acceptors (Lipinski definition) is 2. The van der Waals surface area contributed by atoms with Crippen molar-refractivity contribution in [3.05, 3.63) is 0 Å². The fourth-order valence-electron chi connectivity index (χ4n) is 4.38. The van der Waals surface area contributed by atoms with Crippen molar-refractivity contribution in [2.24, 2.45) is 22.2 Å². The Bertz CT molecular complexity index is 387. The van der Waals surface area contributed by atoms with Gasteiger partial charge in [0, 0.05) is 0 Å². The molecule has 0 aromatic rings. The second-order valence-electron chi connectivity index (χ2n) is 6.45. The summed E-state index contributed by atoms with van der Waals surface area (Å²) in [7, 11) is 0. The van der Waals surface area contributed by atoms with Crippen molar-refractivity contribution in [2.75, 3.05) is 0 Å². The third kappa shape index (κ3) is 1.24. The van der Waals surface area contributed by atoms with E-state index in [0.29, 0.717) is 12.3 Å². The third-order valence-electron chi connectivity index (χ3n) is 5.95. The highest BCUT2D eigenvalue weighted by molar-refractivity contribution is 5.83. The van der Waals surface area contributed by atoms with Gasteiger partial charge in [-0.2, -0.15) is 0 Å². The molecule has 2 aliphatic rings. The SMILES string of the molecule is CC1(C)[C@H]2CC[C@@]1(C)[C@@](CC(=O)O)(C(=O)O)C2. The molecule has 0 saturated heterocycles. The first kappa shape index (κ1) is 12.4. The van der Waals surface area contributed by atoms with Gasteiger partial charge >= 0.3 is 11.9 Å². The van der Waals surface area contributed by atoms with E-state index >= 15 is 0 Å². The van der Waals surface area contributed by atoms with Gasteiger partial charge in [-0.05, 0) is 36.0 Å². The molecule has 2 saturated carbocycles. The van der Waals surface area contributed by atoms with Gasteiger partial charge in [0.25, 0.3) is 0 Å². The zero-order valence-electron chi connectivity index (χ0n) is 10.6. The molecule has 0 aromatic carbocycles. The monoisotopic (exact) mass is 240 g/mol. The molecule has 96 valence electrons. The second-order valence-corrected chi connectivity index (χ2v) is 6.45. The Morgan fingerprint density at radius 3 is 2.12 bits per heavy atom. The molecule has 0 aromatic heterocycles. The van der Waals surface area contributed by atoms with E-state index in [1.165, 1.54) is 0 Å². The lowest BCUT2D eigenvalue weighted by Crippen LogP contribution is -2.48. The average molecular weight is 240 g/mol. The van der Waals surface area contributed by atoms with E-state index in [2.05, 4.69) is 13.8 Å². The fourth-order valence-corrected chi connectivity index (χ4v) is 4.38. The maximum atomic E-state index is 11.7. The van der Waals surface area contributed by atoms with Crippen molar-refractivity contribution >= 4 is 11.9 Å². The Hall–Kier alpha value is -1.06. The van der Waals surface area contributed by atoms with Crippen LogP contribution in [0.5, 0.6) is 0 Å². The minimum atomic E-state index is -1.08. The Morgan fingerprint density at radius 2 is 1.82 bits per heavy atom. The average Bonchev–Trinajstić information content (AvgIpc) is 2.48. The maximum absolute atomic E-state index is 11.7. The van der Waals surface area contributed by atoms with Crippen LogP contribution in [0.2, 0.25) is 0 Å². The standard InChI is InChI=1S/C13H20O4/c1-11(2)8-4-5-12(11,3)13(6-8,10(16)17)7-9(14)15/h8H,4-7H2,1-3H3,(H,14,15)(H,16,17)/t8-,12+,13-/m0/s1. The van der Waals surface area contributed by atoms with Crippen LogP contribution in [0.25, 0.3) is 0 Å². The Balaban J connectivity index is 2.51. The van der Waals surface area contributed by atoms with Crippen LogP contribution in [0.15, 0.2) is 0 Å². The summed E-state index contributed by atoms with van der Waals surface area (Å²) < 4.78 is 0. The molecule has 0 unspecified atom stereocenters. The van der Waals surface area contributed by atoms with Crippen LogP contribution in [0.3, 0.4) is 0 Å². The van der Waals surface area contributed by atoms with Crippen molar-refractivity contribution < 1.29 is 19.8 Å². The molecule has 0 radical (unpaired) electrons. The Labute approximate surface area is 101 Å². The molecule has 2 N–H and O–H groups in total. The van der Waals surface area contributed by atoms with Crippen LogP contribution >= 0.6 is 0 Å². The van der Waals surface area contributed by atoms with Crippen LogP contribution < -0.4 is 0 Å². The zero-order valence-corrected chi connectivity index (χ0v) is 10.6. The number of aliphatic carboxylic acids is 2. The minimum absolute atomic E-state index is 0.0825. The summed E-state index contributed by atoms with van der Waals surface area (Å²) in [4.78, 5) is 22.7. The molecule has 0 aliphatic heterocycles. The number of rotatable bonds is 3. The molecule has 2 fully saturated rings. The highest BCUT2D eigenvalue weighted by atomic mass is 16.4. The second kappa shape index (κ2) is 3.24. The van der Waals surface area contributed by atoms with Gasteiger partial charge in [-0.15, -0.1) is 0 Å². The predicted octanol–water partition coefficient (Wildman–Crippen LogP) is 2.38.